The molecule has 8 heteroatoms. The van der Waals surface area contributed by atoms with E-state index in [1.165, 1.54) is 11.8 Å². The SMILES string of the molecule is Cc1cccc(NC(=O)CSCC(=O)N2CCN(c3ccc(Br)cn3)CC2)c1. The Morgan fingerprint density at radius 1 is 1.14 bits per heavy atom. The molecule has 2 amide bonds. The van der Waals surface area contributed by atoms with Gasteiger partial charge < -0.3 is 15.1 Å². The van der Waals surface area contributed by atoms with Crippen LogP contribution in [0.2, 0.25) is 0 Å². The van der Waals surface area contributed by atoms with Crippen molar-refractivity contribution in [2.75, 3.05) is 47.9 Å². The monoisotopic (exact) mass is 462 g/mol. The van der Waals surface area contributed by atoms with Gasteiger partial charge in [-0.1, -0.05) is 12.1 Å². The maximum atomic E-state index is 12.4. The summed E-state index contributed by atoms with van der Waals surface area (Å²) in [5, 5.41) is 2.86. The molecular formula is C20H23BrN4O2S. The predicted molar refractivity (Wildman–Crippen MR) is 118 cm³/mol. The molecule has 0 spiro atoms. The number of benzene rings is 1. The largest absolute Gasteiger partial charge is 0.353 e. The molecule has 0 aliphatic carbocycles. The second-order valence-electron chi connectivity index (χ2n) is 6.61. The lowest BCUT2D eigenvalue weighted by Gasteiger charge is -2.35. The molecule has 1 aromatic carbocycles. The summed E-state index contributed by atoms with van der Waals surface area (Å²) in [6, 6.07) is 11.6. The van der Waals surface area contributed by atoms with Crippen LogP contribution in [0.4, 0.5) is 11.5 Å². The number of nitrogens with zero attached hydrogens (tertiary/aromatic N) is 3. The van der Waals surface area contributed by atoms with E-state index >= 15 is 0 Å². The number of halogens is 1. The lowest BCUT2D eigenvalue weighted by Crippen LogP contribution is -2.49. The molecule has 1 fully saturated rings. The minimum atomic E-state index is -0.0884. The standard InChI is InChI=1S/C20H23BrN4O2S/c1-15-3-2-4-17(11-15)23-19(26)13-28-14-20(27)25-9-7-24(8-10-25)18-6-5-16(21)12-22-18/h2-6,11-12H,7-10,13-14H2,1H3,(H,23,26). The molecule has 1 aliphatic rings. The molecule has 0 saturated carbocycles. The Balaban J connectivity index is 1.37. The van der Waals surface area contributed by atoms with Crippen molar-refractivity contribution in [1.82, 2.24) is 9.88 Å². The Hall–Kier alpha value is -2.06. The number of carbonyl (C=O) groups is 2. The molecule has 2 heterocycles. The fraction of sp³-hybridized carbons (Fsp3) is 0.350. The summed E-state index contributed by atoms with van der Waals surface area (Å²) in [6.45, 7) is 4.85. The molecule has 28 heavy (non-hydrogen) atoms. The highest BCUT2D eigenvalue weighted by Gasteiger charge is 2.21. The normalized spacial score (nSPS) is 14.1. The summed E-state index contributed by atoms with van der Waals surface area (Å²) in [4.78, 5) is 32.9. The zero-order valence-electron chi connectivity index (χ0n) is 15.7. The minimum absolute atomic E-state index is 0.0803. The van der Waals surface area contributed by atoms with Gasteiger partial charge >= 0.3 is 0 Å². The summed E-state index contributed by atoms with van der Waals surface area (Å²) < 4.78 is 0.952. The van der Waals surface area contributed by atoms with E-state index in [0.29, 0.717) is 18.8 Å². The fourth-order valence-electron chi connectivity index (χ4n) is 2.98. The molecule has 0 atom stereocenters. The number of hydrogen-bond acceptors (Lipinski definition) is 5. The van der Waals surface area contributed by atoms with Crippen molar-refractivity contribution in [3.8, 4) is 0 Å². The van der Waals surface area contributed by atoms with Gasteiger partial charge in [0.25, 0.3) is 0 Å². The van der Waals surface area contributed by atoms with E-state index in [-0.39, 0.29) is 17.6 Å². The van der Waals surface area contributed by atoms with Crippen LogP contribution in [-0.4, -0.2) is 59.4 Å². The van der Waals surface area contributed by atoms with E-state index in [9.17, 15) is 9.59 Å². The van der Waals surface area contributed by atoms with Gasteiger partial charge in [-0.15, -0.1) is 11.8 Å². The van der Waals surface area contributed by atoms with Crippen molar-refractivity contribution in [1.29, 1.82) is 0 Å². The number of rotatable bonds is 6. The summed E-state index contributed by atoms with van der Waals surface area (Å²) in [5.41, 5.74) is 1.88. The van der Waals surface area contributed by atoms with Crippen LogP contribution in [0.3, 0.4) is 0 Å². The van der Waals surface area contributed by atoms with E-state index in [0.717, 1.165) is 34.6 Å². The first-order valence-corrected chi connectivity index (χ1v) is 11.0. The van der Waals surface area contributed by atoms with Crippen LogP contribution in [0.15, 0.2) is 47.1 Å². The molecule has 1 N–H and O–H groups in total. The lowest BCUT2D eigenvalue weighted by atomic mass is 10.2. The Bertz CT molecular complexity index is 823. The van der Waals surface area contributed by atoms with Crippen LogP contribution in [0, 0.1) is 6.92 Å². The third kappa shape index (κ3) is 5.97. The van der Waals surface area contributed by atoms with Gasteiger partial charge in [0.05, 0.1) is 11.5 Å². The van der Waals surface area contributed by atoms with E-state index in [2.05, 4.69) is 31.1 Å². The number of pyridine rings is 1. The quantitative estimate of drug-likeness (QED) is 0.713. The van der Waals surface area contributed by atoms with Gasteiger partial charge in [-0.05, 0) is 52.7 Å². The number of piperazine rings is 1. The highest BCUT2D eigenvalue weighted by molar-refractivity contribution is 9.10. The molecular weight excluding hydrogens is 440 g/mol. The number of aromatic nitrogens is 1. The molecule has 1 aromatic heterocycles. The number of thioether (sulfide) groups is 1. The molecule has 3 rings (SSSR count). The molecule has 1 aliphatic heterocycles. The molecule has 0 unspecified atom stereocenters. The van der Waals surface area contributed by atoms with Crippen LogP contribution in [-0.2, 0) is 9.59 Å². The fourth-order valence-corrected chi connectivity index (χ4v) is 3.93. The highest BCUT2D eigenvalue weighted by Crippen LogP contribution is 2.17. The van der Waals surface area contributed by atoms with Crippen molar-refractivity contribution in [3.05, 3.63) is 52.6 Å². The zero-order chi connectivity index (χ0) is 19.9. The lowest BCUT2D eigenvalue weighted by molar-refractivity contribution is -0.128. The minimum Gasteiger partial charge on any atom is -0.353 e. The average Bonchev–Trinajstić information content (AvgIpc) is 2.68. The smallest absolute Gasteiger partial charge is 0.234 e. The van der Waals surface area contributed by atoms with Gasteiger partial charge in [0.2, 0.25) is 11.8 Å². The highest BCUT2D eigenvalue weighted by atomic mass is 79.9. The Labute approximate surface area is 177 Å². The maximum Gasteiger partial charge on any atom is 0.234 e. The number of amides is 2. The van der Waals surface area contributed by atoms with E-state index in [4.69, 9.17) is 0 Å². The van der Waals surface area contributed by atoms with Gasteiger partial charge in [0.15, 0.2) is 0 Å². The predicted octanol–water partition coefficient (Wildman–Crippen LogP) is 3.17. The van der Waals surface area contributed by atoms with E-state index < -0.39 is 0 Å². The third-order valence-corrected chi connectivity index (χ3v) is 5.82. The molecule has 0 radical (unpaired) electrons. The van der Waals surface area contributed by atoms with E-state index in [1.807, 2.05) is 48.2 Å². The first-order chi connectivity index (χ1) is 13.5. The van der Waals surface area contributed by atoms with Gasteiger partial charge in [0, 0.05) is 42.5 Å². The van der Waals surface area contributed by atoms with Crippen LogP contribution >= 0.6 is 27.7 Å². The zero-order valence-corrected chi connectivity index (χ0v) is 18.1. The Morgan fingerprint density at radius 2 is 1.93 bits per heavy atom. The summed E-state index contributed by atoms with van der Waals surface area (Å²) >= 11 is 4.74. The summed E-state index contributed by atoms with van der Waals surface area (Å²) in [7, 11) is 0. The van der Waals surface area contributed by atoms with Crippen LogP contribution in [0.5, 0.6) is 0 Å². The number of anilines is 2. The van der Waals surface area contributed by atoms with Crippen molar-refractivity contribution < 1.29 is 9.59 Å². The average molecular weight is 463 g/mol. The van der Waals surface area contributed by atoms with Gasteiger partial charge in [-0.3, -0.25) is 9.59 Å². The number of carbonyl (C=O) groups excluding carboxylic acids is 2. The van der Waals surface area contributed by atoms with Gasteiger partial charge in [-0.25, -0.2) is 4.98 Å². The maximum absolute atomic E-state index is 12.4. The first kappa shape index (κ1) is 20.7. The second kappa shape index (κ2) is 9.93. The second-order valence-corrected chi connectivity index (χ2v) is 8.51. The van der Waals surface area contributed by atoms with Crippen LogP contribution in [0.1, 0.15) is 5.56 Å². The van der Waals surface area contributed by atoms with Crippen LogP contribution in [0.25, 0.3) is 0 Å². The molecule has 1 saturated heterocycles. The summed E-state index contributed by atoms with van der Waals surface area (Å²) in [6.07, 6.45) is 1.78. The Morgan fingerprint density at radius 3 is 2.61 bits per heavy atom. The van der Waals surface area contributed by atoms with Crippen molar-refractivity contribution in [3.63, 3.8) is 0 Å². The Kier molecular flexibility index (Phi) is 7.33. The molecule has 2 aromatic rings. The third-order valence-electron chi connectivity index (χ3n) is 4.43. The first-order valence-electron chi connectivity index (χ1n) is 9.10. The number of aryl methyl sites for hydroxylation is 1. The van der Waals surface area contributed by atoms with Gasteiger partial charge in [0.1, 0.15) is 5.82 Å². The molecule has 148 valence electrons. The van der Waals surface area contributed by atoms with E-state index in [1.54, 1.807) is 6.20 Å². The molecule has 6 nitrogen and oxygen atoms in total. The number of hydrogen-bond donors (Lipinski definition) is 1. The van der Waals surface area contributed by atoms with Crippen molar-refractivity contribution >= 4 is 51.0 Å². The topological polar surface area (TPSA) is 65.5 Å². The van der Waals surface area contributed by atoms with Crippen molar-refractivity contribution in [2.45, 2.75) is 6.92 Å². The van der Waals surface area contributed by atoms with Crippen molar-refractivity contribution in [2.24, 2.45) is 0 Å². The summed E-state index contributed by atoms with van der Waals surface area (Å²) in [5.74, 6) is 1.50. The van der Waals surface area contributed by atoms with Crippen LogP contribution < -0.4 is 10.2 Å². The molecule has 0 bridgehead atoms. The van der Waals surface area contributed by atoms with Gasteiger partial charge in [-0.2, -0.15) is 0 Å². The number of nitrogens with one attached hydrogen (secondary N) is 1.